The lowest BCUT2D eigenvalue weighted by molar-refractivity contribution is 0.262. The van der Waals surface area contributed by atoms with Crippen molar-refractivity contribution in [1.82, 2.24) is 9.97 Å². The van der Waals surface area contributed by atoms with Crippen LogP contribution in [0.2, 0.25) is 15.5 Å². The summed E-state index contributed by atoms with van der Waals surface area (Å²) in [6, 6.07) is 5.44. The van der Waals surface area contributed by atoms with Crippen molar-refractivity contribution in [2.75, 3.05) is 17.7 Å². The summed E-state index contributed by atoms with van der Waals surface area (Å²) in [7, 11) is 1.45. The third-order valence-corrected chi connectivity index (χ3v) is 2.84. The molecule has 2 aromatic heterocycles. The molecule has 6 nitrogen and oxygen atoms in total. The molecule has 0 bridgehead atoms. The quantitative estimate of drug-likeness (QED) is 0.820. The highest BCUT2D eigenvalue weighted by Crippen LogP contribution is 2.21. The van der Waals surface area contributed by atoms with Crippen molar-refractivity contribution < 1.29 is 9.53 Å². The summed E-state index contributed by atoms with van der Waals surface area (Å²) in [4.78, 5) is 19.6. The van der Waals surface area contributed by atoms with Crippen LogP contribution in [0.25, 0.3) is 0 Å². The van der Waals surface area contributed by atoms with Crippen molar-refractivity contribution in [2.24, 2.45) is 0 Å². The Morgan fingerprint density at radius 1 is 0.952 bits per heavy atom. The van der Waals surface area contributed by atoms with Crippen LogP contribution in [-0.4, -0.2) is 23.1 Å². The van der Waals surface area contributed by atoms with Gasteiger partial charge < -0.3 is 15.4 Å². The molecule has 0 saturated carbocycles. The Kier molecular flexibility index (Phi) is 5.06. The molecule has 0 spiro atoms. The Balaban J connectivity index is 2.09. The average molecular weight is 348 g/mol. The van der Waals surface area contributed by atoms with Crippen LogP contribution < -0.4 is 15.4 Å². The number of ether oxygens (including phenoxy) is 1. The van der Waals surface area contributed by atoms with Gasteiger partial charge in [0, 0.05) is 11.8 Å². The van der Waals surface area contributed by atoms with Crippen LogP contribution in [0.1, 0.15) is 0 Å². The van der Waals surface area contributed by atoms with Crippen LogP contribution in [0.15, 0.2) is 24.3 Å². The van der Waals surface area contributed by atoms with Crippen molar-refractivity contribution in [3.8, 4) is 5.88 Å². The fraction of sp³-hybridized carbons (Fsp3) is 0.0833. The maximum absolute atomic E-state index is 11.9. The van der Waals surface area contributed by atoms with E-state index in [1.165, 1.54) is 31.4 Å². The second-order valence-electron chi connectivity index (χ2n) is 3.80. The Morgan fingerprint density at radius 3 is 1.95 bits per heavy atom. The minimum Gasteiger partial charge on any atom is -0.481 e. The van der Waals surface area contributed by atoms with Crippen molar-refractivity contribution in [2.45, 2.75) is 0 Å². The molecule has 0 aliphatic heterocycles. The first-order chi connectivity index (χ1) is 9.96. The lowest BCUT2D eigenvalue weighted by atomic mass is 10.4. The van der Waals surface area contributed by atoms with E-state index in [1.807, 2.05) is 0 Å². The molecule has 0 saturated heterocycles. The van der Waals surface area contributed by atoms with Gasteiger partial charge in [0.15, 0.2) is 0 Å². The summed E-state index contributed by atoms with van der Waals surface area (Å²) in [5, 5.41) is 5.69. The molecule has 21 heavy (non-hydrogen) atoms. The standard InChI is InChI=1S/C12H9Cl3N4O2/c1-21-11-5-7(4-10(15)19-11)17-12(20)16-6-2-8(13)18-9(14)3-6/h2-5H,1H3,(H2,16,17,18,19,20). The van der Waals surface area contributed by atoms with Gasteiger partial charge in [0.1, 0.15) is 15.5 Å². The number of amides is 2. The number of aromatic nitrogens is 2. The second kappa shape index (κ2) is 6.80. The van der Waals surface area contributed by atoms with Crippen LogP contribution in [0.3, 0.4) is 0 Å². The van der Waals surface area contributed by atoms with Gasteiger partial charge in [0.05, 0.1) is 12.8 Å². The Morgan fingerprint density at radius 2 is 1.43 bits per heavy atom. The third kappa shape index (κ3) is 4.63. The summed E-state index contributed by atoms with van der Waals surface area (Å²) in [5.74, 6) is 0.285. The van der Waals surface area contributed by atoms with Crippen LogP contribution in [-0.2, 0) is 0 Å². The number of halogens is 3. The van der Waals surface area contributed by atoms with Crippen LogP contribution >= 0.6 is 34.8 Å². The number of hydrogen-bond acceptors (Lipinski definition) is 4. The number of methoxy groups -OCH3 is 1. The maximum Gasteiger partial charge on any atom is 0.323 e. The zero-order valence-corrected chi connectivity index (χ0v) is 12.9. The number of rotatable bonds is 3. The number of carbonyl (C=O) groups is 1. The molecule has 0 fully saturated rings. The predicted molar refractivity (Wildman–Crippen MR) is 82.7 cm³/mol. The van der Waals surface area contributed by atoms with Crippen molar-refractivity contribution in [3.05, 3.63) is 39.7 Å². The molecule has 0 unspecified atom stereocenters. The van der Waals surface area contributed by atoms with Gasteiger partial charge in [-0.15, -0.1) is 0 Å². The molecule has 2 aromatic rings. The average Bonchev–Trinajstić information content (AvgIpc) is 2.36. The van der Waals surface area contributed by atoms with Crippen LogP contribution in [0, 0.1) is 0 Å². The van der Waals surface area contributed by atoms with E-state index in [2.05, 4.69) is 20.6 Å². The summed E-state index contributed by atoms with van der Waals surface area (Å²) in [5.41, 5.74) is 0.834. The number of nitrogens with zero attached hydrogens (tertiary/aromatic N) is 2. The van der Waals surface area contributed by atoms with Crippen LogP contribution in [0.5, 0.6) is 5.88 Å². The first-order valence-electron chi connectivity index (χ1n) is 5.59. The number of nitrogens with one attached hydrogen (secondary N) is 2. The lowest BCUT2D eigenvalue weighted by Crippen LogP contribution is -2.19. The highest BCUT2D eigenvalue weighted by atomic mass is 35.5. The number of carbonyl (C=O) groups excluding carboxylic acids is 1. The maximum atomic E-state index is 11.9. The van der Waals surface area contributed by atoms with Gasteiger partial charge >= 0.3 is 6.03 Å². The molecule has 2 rings (SSSR count). The van der Waals surface area contributed by atoms with E-state index in [9.17, 15) is 4.79 Å². The minimum atomic E-state index is -0.502. The fourth-order valence-electron chi connectivity index (χ4n) is 1.48. The smallest absolute Gasteiger partial charge is 0.323 e. The molecule has 0 aromatic carbocycles. The van der Waals surface area contributed by atoms with E-state index >= 15 is 0 Å². The van der Waals surface area contributed by atoms with Gasteiger partial charge in [0.2, 0.25) is 5.88 Å². The summed E-state index contributed by atoms with van der Waals surface area (Å²) in [6.07, 6.45) is 0. The van der Waals surface area contributed by atoms with E-state index < -0.39 is 6.03 Å². The van der Waals surface area contributed by atoms with Crippen molar-refractivity contribution in [3.63, 3.8) is 0 Å². The first-order valence-corrected chi connectivity index (χ1v) is 6.72. The highest BCUT2D eigenvalue weighted by Gasteiger charge is 2.07. The monoisotopic (exact) mass is 346 g/mol. The molecule has 0 atom stereocenters. The lowest BCUT2D eigenvalue weighted by Gasteiger charge is -2.09. The van der Waals surface area contributed by atoms with Gasteiger partial charge in [-0.1, -0.05) is 34.8 Å². The summed E-state index contributed by atoms with van der Waals surface area (Å²) in [6.45, 7) is 0. The molecule has 0 aliphatic carbocycles. The van der Waals surface area contributed by atoms with Gasteiger partial charge in [-0.05, 0) is 18.2 Å². The number of pyridine rings is 2. The largest absolute Gasteiger partial charge is 0.481 e. The predicted octanol–water partition coefficient (Wildman–Crippen LogP) is 4.09. The van der Waals surface area contributed by atoms with Crippen molar-refractivity contribution in [1.29, 1.82) is 0 Å². The molecule has 0 radical (unpaired) electrons. The molecular weight excluding hydrogens is 339 g/mol. The fourth-order valence-corrected chi connectivity index (χ4v) is 2.14. The minimum absolute atomic E-state index is 0.173. The van der Waals surface area contributed by atoms with Gasteiger partial charge in [-0.25, -0.2) is 14.8 Å². The topological polar surface area (TPSA) is 76.1 Å². The Labute approximate surface area is 135 Å². The van der Waals surface area contributed by atoms with E-state index in [1.54, 1.807) is 0 Å². The first kappa shape index (κ1) is 15.6. The molecule has 2 amide bonds. The van der Waals surface area contributed by atoms with E-state index in [0.717, 1.165) is 0 Å². The highest BCUT2D eigenvalue weighted by molar-refractivity contribution is 6.33. The molecule has 2 heterocycles. The molecule has 0 aliphatic rings. The van der Waals surface area contributed by atoms with Crippen LogP contribution in [0.4, 0.5) is 16.2 Å². The zero-order valence-electron chi connectivity index (χ0n) is 10.7. The van der Waals surface area contributed by atoms with Crippen molar-refractivity contribution >= 4 is 52.2 Å². The zero-order chi connectivity index (χ0) is 15.4. The SMILES string of the molecule is COc1cc(NC(=O)Nc2cc(Cl)nc(Cl)c2)cc(Cl)n1. The number of hydrogen-bond donors (Lipinski definition) is 2. The van der Waals surface area contributed by atoms with E-state index in [4.69, 9.17) is 39.5 Å². The normalized spacial score (nSPS) is 10.1. The summed E-state index contributed by atoms with van der Waals surface area (Å²) >= 11 is 17.3. The van der Waals surface area contributed by atoms with Gasteiger partial charge in [-0.2, -0.15) is 0 Å². The van der Waals surface area contributed by atoms with E-state index in [-0.39, 0.29) is 21.3 Å². The Bertz CT molecular complexity index is 661. The summed E-state index contributed by atoms with van der Waals surface area (Å²) < 4.78 is 4.96. The number of urea groups is 1. The molecule has 9 heteroatoms. The molecular formula is C12H9Cl3N4O2. The third-order valence-electron chi connectivity index (χ3n) is 2.26. The molecule has 110 valence electrons. The van der Waals surface area contributed by atoms with Gasteiger partial charge in [0.25, 0.3) is 0 Å². The molecule has 2 N–H and O–H groups in total. The van der Waals surface area contributed by atoms with E-state index in [0.29, 0.717) is 11.4 Å². The number of anilines is 2. The Hall–Kier alpha value is -1.76. The second-order valence-corrected chi connectivity index (χ2v) is 4.96. The van der Waals surface area contributed by atoms with Gasteiger partial charge in [-0.3, -0.25) is 0 Å².